The van der Waals surface area contributed by atoms with Crippen LogP contribution in [0.15, 0.2) is 109 Å². The zero-order valence-corrected chi connectivity index (χ0v) is 62.8. The Labute approximate surface area is 590 Å². The highest BCUT2D eigenvalue weighted by molar-refractivity contribution is 7.47. The lowest BCUT2D eigenvalue weighted by atomic mass is 10.0. The molecule has 0 aromatic rings. The van der Waals surface area contributed by atoms with Gasteiger partial charge in [0.1, 0.15) is 25.4 Å². The third-order valence-corrected chi connectivity index (χ3v) is 17.9. The summed E-state index contributed by atoms with van der Waals surface area (Å²) in [6.07, 6.45) is 83.0. The van der Waals surface area contributed by atoms with E-state index in [1.807, 2.05) is 0 Å². The second-order valence-corrected chi connectivity index (χ2v) is 28.3. The molecule has 5 atom stereocenters. The summed E-state index contributed by atoms with van der Waals surface area (Å²) in [4.78, 5) is 58.4. The zero-order chi connectivity index (χ0) is 70.9. The van der Waals surface area contributed by atoms with Crippen LogP contribution in [0.2, 0.25) is 0 Å². The molecule has 5 unspecified atom stereocenters. The van der Waals surface area contributed by atoms with Crippen molar-refractivity contribution in [2.45, 2.75) is 334 Å². The maximum atomic E-state index is 12.9. The minimum atomic E-state index is -4.93. The molecular weight excluding hydrogens is 1270 g/mol. The Bertz CT molecular complexity index is 2200. The van der Waals surface area contributed by atoms with Crippen LogP contribution in [0.4, 0.5) is 0 Å². The Morgan fingerprint density at radius 2 is 0.546 bits per heavy atom. The van der Waals surface area contributed by atoms with Gasteiger partial charge in [0.25, 0.3) is 0 Å². The molecule has 0 aromatic carbocycles. The van der Waals surface area contributed by atoms with Crippen molar-refractivity contribution in [3.05, 3.63) is 109 Å². The van der Waals surface area contributed by atoms with E-state index in [1.165, 1.54) is 141 Å². The van der Waals surface area contributed by atoms with Crippen molar-refractivity contribution >= 4 is 33.6 Å². The van der Waals surface area contributed by atoms with Crippen molar-refractivity contribution < 1.29 is 75.8 Å². The van der Waals surface area contributed by atoms with E-state index >= 15 is 0 Å². The number of carbonyl (C=O) groups excluding carboxylic acids is 3. The third-order valence-electron chi connectivity index (χ3n) is 16.0. The molecule has 97 heavy (non-hydrogen) atoms. The van der Waals surface area contributed by atoms with Crippen molar-refractivity contribution in [1.29, 1.82) is 0 Å². The standard InChI is InChI=1S/C79H138O16P2/c1-4-7-10-13-16-19-22-24-26-28-30-31-32-33-34-35-36-37-38-39-40-41-43-45-46-48-51-53-56-59-62-65-77(82)89-68-74(80)69-91-96(85,86)92-70-75(81)71-93-97(87,88)94-73-76(95-79(84)67-64-61-58-55-50-21-18-15-12-9-6-3)72-90-78(83)66-63-60-57-54-52-49-47-44-42-29-27-25-23-20-17-14-11-8-5-2/h8,11,16-17,19-20,24-27,30-31,33-34,42,44,49,52,74-76,80-81H,4-7,9-10,12-15,18,21-23,28-29,32,35-41,43,45-48,50-51,53-73H2,1-3H3,(H,85,86)(H,87,88)/b11-8-,19-16-,20-17-,26-24-,27-25-,31-30-,34-33-,44-42-,52-49-. The van der Waals surface area contributed by atoms with Gasteiger partial charge in [0, 0.05) is 19.3 Å². The van der Waals surface area contributed by atoms with Gasteiger partial charge in [0.2, 0.25) is 0 Å². The SMILES string of the molecule is CC/C=C\C/C=C\C/C=C\C/C=C\C/C=C\CCCCCC(=O)OCC(COP(=O)(O)OCC(O)COP(=O)(O)OCC(O)COC(=O)CCCCCCCCCCCCCCCCC/C=C\C/C=C\C/C=C\C/C=C\CCCCC)OC(=O)CCCCCCCCCCCCC. The van der Waals surface area contributed by atoms with E-state index < -0.39 is 91.5 Å². The topological polar surface area (TPSA) is 231 Å². The number of hydrogen-bond acceptors (Lipinski definition) is 14. The molecule has 0 rings (SSSR count). The second kappa shape index (κ2) is 72.0. The number of ether oxygens (including phenoxy) is 3. The van der Waals surface area contributed by atoms with Gasteiger partial charge >= 0.3 is 33.6 Å². The van der Waals surface area contributed by atoms with Crippen LogP contribution in [-0.2, 0) is 55.8 Å². The molecule has 0 heterocycles. The molecule has 0 saturated heterocycles. The van der Waals surface area contributed by atoms with Crippen molar-refractivity contribution in [2.75, 3.05) is 39.6 Å². The van der Waals surface area contributed by atoms with Crippen LogP contribution in [0.25, 0.3) is 0 Å². The molecule has 560 valence electrons. The minimum Gasteiger partial charge on any atom is -0.463 e. The van der Waals surface area contributed by atoms with Gasteiger partial charge in [-0.15, -0.1) is 0 Å². The number of allylic oxidation sites excluding steroid dienone is 18. The first-order chi connectivity index (χ1) is 47.2. The van der Waals surface area contributed by atoms with Crippen LogP contribution in [0, 0.1) is 0 Å². The van der Waals surface area contributed by atoms with E-state index in [0.29, 0.717) is 19.3 Å². The van der Waals surface area contributed by atoms with Gasteiger partial charge < -0.3 is 34.2 Å². The van der Waals surface area contributed by atoms with Crippen LogP contribution < -0.4 is 0 Å². The summed E-state index contributed by atoms with van der Waals surface area (Å²) in [5.41, 5.74) is 0. The summed E-state index contributed by atoms with van der Waals surface area (Å²) in [6, 6.07) is 0. The molecule has 0 radical (unpaired) electrons. The van der Waals surface area contributed by atoms with E-state index in [1.54, 1.807) is 0 Å². The summed E-state index contributed by atoms with van der Waals surface area (Å²) in [6.45, 7) is 2.50. The van der Waals surface area contributed by atoms with Crippen molar-refractivity contribution in [3.8, 4) is 0 Å². The van der Waals surface area contributed by atoms with Crippen LogP contribution in [0.5, 0.6) is 0 Å². The molecule has 0 aliphatic heterocycles. The molecule has 0 spiro atoms. The van der Waals surface area contributed by atoms with E-state index in [9.17, 15) is 43.5 Å². The molecule has 0 aromatic heterocycles. The van der Waals surface area contributed by atoms with Crippen molar-refractivity contribution in [1.82, 2.24) is 0 Å². The van der Waals surface area contributed by atoms with Gasteiger partial charge in [-0.1, -0.05) is 297 Å². The number of esters is 3. The number of aliphatic hydroxyl groups excluding tert-OH is 2. The second-order valence-electron chi connectivity index (χ2n) is 25.4. The molecule has 4 N–H and O–H groups in total. The Morgan fingerprint density at radius 1 is 0.299 bits per heavy atom. The summed E-state index contributed by atoms with van der Waals surface area (Å²) in [7, 11) is -9.78. The summed E-state index contributed by atoms with van der Waals surface area (Å²) in [5.74, 6) is -1.61. The molecule has 0 saturated carbocycles. The largest absolute Gasteiger partial charge is 0.472 e. The zero-order valence-electron chi connectivity index (χ0n) is 61.0. The predicted molar refractivity (Wildman–Crippen MR) is 399 cm³/mol. The first-order valence-corrected chi connectivity index (χ1v) is 41.2. The average molecular weight is 1410 g/mol. The molecule has 0 bridgehead atoms. The van der Waals surface area contributed by atoms with Gasteiger partial charge in [0.05, 0.1) is 26.4 Å². The highest BCUT2D eigenvalue weighted by Crippen LogP contribution is 2.45. The van der Waals surface area contributed by atoms with Crippen molar-refractivity contribution in [2.24, 2.45) is 0 Å². The third kappa shape index (κ3) is 73.3. The average Bonchev–Trinajstić information content (AvgIpc) is 3.19. The number of phosphoric ester groups is 2. The van der Waals surface area contributed by atoms with Gasteiger partial charge in [-0.25, -0.2) is 9.13 Å². The number of phosphoric acid groups is 2. The molecule has 16 nitrogen and oxygen atoms in total. The quantitative estimate of drug-likeness (QED) is 0.0146. The predicted octanol–water partition coefficient (Wildman–Crippen LogP) is 22.0. The Balaban J connectivity index is 4.41. The lowest BCUT2D eigenvalue weighted by molar-refractivity contribution is -0.161. The first-order valence-electron chi connectivity index (χ1n) is 38.2. The number of aliphatic hydroxyl groups is 2. The van der Waals surface area contributed by atoms with Gasteiger partial charge in [-0.05, 0) is 109 Å². The van der Waals surface area contributed by atoms with Gasteiger partial charge in [0.15, 0.2) is 6.10 Å². The molecule has 18 heteroatoms. The Kier molecular flexibility index (Phi) is 69.2. The van der Waals surface area contributed by atoms with Crippen LogP contribution in [0.3, 0.4) is 0 Å². The van der Waals surface area contributed by atoms with Crippen LogP contribution >= 0.6 is 15.6 Å². The number of hydrogen-bond donors (Lipinski definition) is 4. The fourth-order valence-electron chi connectivity index (χ4n) is 10.2. The summed E-state index contributed by atoms with van der Waals surface area (Å²) >= 11 is 0. The van der Waals surface area contributed by atoms with Crippen LogP contribution in [-0.4, -0.2) is 95.9 Å². The number of carbonyl (C=O) groups is 3. The van der Waals surface area contributed by atoms with E-state index in [-0.39, 0.29) is 19.3 Å². The fraction of sp³-hybridized carbons (Fsp3) is 0.734. The number of unbranched alkanes of at least 4 members (excludes halogenated alkanes) is 31. The Hall–Kier alpha value is -3.79. The monoisotopic (exact) mass is 1400 g/mol. The summed E-state index contributed by atoms with van der Waals surface area (Å²) < 4.78 is 60.9. The highest BCUT2D eigenvalue weighted by Gasteiger charge is 2.29. The minimum absolute atomic E-state index is 0.0984. The molecular formula is C79H138O16P2. The van der Waals surface area contributed by atoms with E-state index in [0.717, 1.165) is 116 Å². The number of rotatable bonds is 72. The Morgan fingerprint density at radius 3 is 0.897 bits per heavy atom. The van der Waals surface area contributed by atoms with Crippen LogP contribution in [0.1, 0.15) is 316 Å². The maximum absolute atomic E-state index is 12.9. The molecule has 0 aliphatic carbocycles. The molecule has 0 fully saturated rings. The molecule has 0 aliphatic rings. The lowest BCUT2D eigenvalue weighted by Gasteiger charge is -2.21. The van der Waals surface area contributed by atoms with Gasteiger partial charge in [-0.3, -0.25) is 32.5 Å². The summed E-state index contributed by atoms with van der Waals surface area (Å²) in [5, 5.41) is 20.6. The maximum Gasteiger partial charge on any atom is 0.472 e. The van der Waals surface area contributed by atoms with E-state index in [4.69, 9.17) is 32.3 Å². The highest BCUT2D eigenvalue weighted by atomic mass is 31.2. The van der Waals surface area contributed by atoms with E-state index in [2.05, 4.69) is 130 Å². The normalized spacial score (nSPS) is 14.7. The first kappa shape index (κ1) is 93.2. The van der Waals surface area contributed by atoms with Crippen molar-refractivity contribution in [3.63, 3.8) is 0 Å². The lowest BCUT2D eigenvalue weighted by Crippen LogP contribution is -2.30. The fourth-order valence-corrected chi connectivity index (χ4v) is 11.8. The molecule has 0 amide bonds. The van der Waals surface area contributed by atoms with Gasteiger partial charge in [-0.2, -0.15) is 0 Å². The smallest absolute Gasteiger partial charge is 0.463 e.